The maximum Gasteiger partial charge on any atom is 0.118 e. The van der Waals surface area contributed by atoms with Crippen LogP contribution in [-0.2, 0) is 17.9 Å². The Kier molecular flexibility index (Phi) is 4.56. The fraction of sp³-hybridized carbons (Fsp3) is 0.692. The maximum absolute atomic E-state index is 5.86. The third-order valence-electron chi connectivity index (χ3n) is 2.89. The summed E-state index contributed by atoms with van der Waals surface area (Å²) >= 11 is 0. The van der Waals surface area contributed by atoms with Gasteiger partial charge in [-0.2, -0.15) is 0 Å². The second kappa shape index (κ2) is 5.51. The Morgan fingerprint density at radius 2 is 2.12 bits per heavy atom. The standard InChI is InChI=1S/C13H23NO2/c1-6-13(3,4)15-9-11-7-12(8-14-5)16-10(11)2/h7,14H,6,8-9H2,1-5H3. The van der Waals surface area contributed by atoms with Crippen molar-refractivity contribution < 1.29 is 9.15 Å². The summed E-state index contributed by atoms with van der Waals surface area (Å²) in [6.07, 6.45) is 1.01. The molecular formula is C13H23NO2. The largest absolute Gasteiger partial charge is 0.465 e. The van der Waals surface area contributed by atoms with Gasteiger partial charge in [0.25, 0.3) is 0 Å². The van der Waals surface area contributed by atoms with E-state index in [0.717, 1.165) is 30.0 Å². The molecule has 1 N–H and O–H groups in total. The molecule has 0 saturated heterocycles. The van der Waals surface area contributed by atoms with Crippen LogP contribution in [0.4, 0.5) is 0 Å². The molecule has 0 amide bonds. The topological polar surface area (TPSA) is 34.4 Å². The van der Waals surface area contributed by atoms with E-state index < -0.39 is 0 Å². The highest BCUT2D eigenvalue weighted by Gasteiger charge is 2.17. The molecule has 3 heteroatoms. The van der Waals surface area contributed by atoms with Crippen LogP contribution in [0.1, 0.15) is 44.3 Å². The zero-order chi connectivity index (χ0) is 12.2. The van der Waals surface area contributed by atoms with Gasteiger partial charge in [-0.25, -0.2) is 0 Å². The van der Waals surface area contributed by atoms with Crippen molar-refractivity contribution in [2.75, 3.05) is 7.05 Å². The molecule has 0 aliphatic carbocycles. The lowest BCUT2D eigenvalue weighted by molar-refractivity contribution is -0.0320. The minimum Gasteiger partial charge on any atom is -0.465 e. The van der Waals surface area contributed by atoms with Crippen molar-refractivity contribution in [1.82, 2.24) is 5.32 Å². The van der Waals surface area contributed by atoms with E-state index in [0.29, 0.717) is 6.61 Å². The van der Waals surface area contributed by atoms with Crippen molar-refractivity contribution in [1.29, 1.82) is 0 Å². The van der Waals surface area contributed by atoms with Gasteiger partial charge in [-0.1, -0.05) is 6.92 Å². The molecule has 0 radical (unpaired) electrons. The van der Waals surface area contributed by atoms with Crippen LogP contribution >= 0.6 is 0 Å². The Balaban J connectivity index is 2.60. The molecule has 1 aromatic rings. The average Bonchev–Trinajstić information content (AvgIpc) is 2.57. The van der Waals surface area contributed by atoms with E-state index in [1.807, 2.05) is 14.0 Å². The summed E-state index contributed by atoms with van der Waals surface area (Å²) in [7, 11) is 1.91. The molecule has 0 aromatic carbocycles. The van der Waals surface area contributed by atoms with Gasteiger partial charge < -0.3 is 14.5 Å². The third kappa shape index (κ3) is 3.65. The van der Waals surface area contributed by atoms with Crippen LogP contribution in [0.2, 0.25) is 0 Å². The highest BCUT2D eigenvalue weighted by molar-refractivity contribution is 5.20. The summed E-state index contributed by atoms with van der Waals surface area (Å²) < 4.78 is 11.5. The van der Waals surface area contributed by atoms with Crippen LogP contribution in [0.25, 0.3) is 0 Å². The molecule has 3 nitrogen and oxygen atoms in total. The molecule has 92 valence electrons. The van der Waals surface area contributed by atoms with E-state index >= 15 is 0 Å². The Hall–Kier alpha value is -0.800. The Morgan fingerprint density at radius 3 is 2.69 bits per heavy atom. The maximum atomic E-state index is 5.86. The molecule has 0 fully saturated rings. The minimum atomic E-state index is -0.0626. The van der Waals surface area contributed by atoms with Crippen LogP contribution in [0, 0.1) is 6.92 Å². The van der Waals surface area contributed by atoms with Crippen LogP contribution < -0.4 is 5.32 Å². The smallest absolute Gasteiger partial charge is 0.118 e. The lowest BCUT2D eigenvalue weighted by Gasteiger charge is -2.23. The minimum absolute atomic E-state index is 0.0626. The molecule has 1 aromatic heterocycles. The molecule has 1 heterocycles. The van der Waals surface area contributed by atoms with Gasteiger partial charge in [0.05, 0.1) is 18.8 Å². The number of nitrogens with one attached hydrogen (secondary N) is 1. The molecule has 1 rings (SSSR count). The molecule has 0 aliphatic rings. The number of furan rings is 1. The highest BCUT2D eigenvalue weighted by Crippen LogP contribution is 2.20. The number of ether oxygens (including phenoxy) is 1. The third-order valence-corrected chi connectivity index (χ3v) is 2.89. The van der Waals surface area contributed by atoms with E-state index in [1.54, 1.807) is 0 Å². The molecular weight excluding hydrogens is 202 g/mol. The highest BCUT2D eigenvalue weighted by atomic mass is 16.5. The first-order valence-electron chi connectivity index (χ1n) is 5.85. The first-order valence-corrected chi connectivity index (χ1v) is 5.85. The zero-order valence-electron chi connectivity index (χ0n) is 11.0. The monoisotopic (exact) mass is 225 g/mol. The summed E-state index contributed by atoms with van der Waals surface area (Å²) in [5.41, 5.74) is 1.08. The summed E-state index contributed by atoms with van der Waals surface area (Å²) in [6.45, 7) is 9.72. The fourth-order valence-electron chi connectivity index (χ4n) is 1.37. The van der Waals surface area contributed by atoms with Gasteiger partial charge in [-0.15, -0.1) is 0 Å². The molecule has 0 saturated carbocycles. The number of hydrogen-bond donors (Lipinski definition) is 1. The van der Waals surface area contributed by atoms with Gasteiger partial charge >= 0.3 is 0 Å². The molecule has 0 aliphatic heterocycles. The second-order valence-corrected chi connectivity index (χ2v) is 4.73. The summed E-state index contributed by atoms with van der Waals surface area (Å²) in [5, 5.41) is 3.07. The fourth-order valence-corrected chi connectivity index (χ4v) is 1.37. The average molecular weight is 225 g/mol. The zero-order valence-corrected chi connectivity index (χ0v) is 11.0. The Bertz CT molecular complexity index is 329. The SMILES string of the molecule is CCC(C)(C)OCc1cc(CNC)oc1C. The number of aryl methyl sites for hydroxylation is 1. The lowest BCUT2D eigenvalue weighted by Crippen LogP contribution is -2.22. The van der Waals surface area contributed by atoms with Gasteiger partial charge in [0.15, 0.2) is 0 Å². The van der Waals surface area contributed by atoms with Gasteiger partial charge in [0.2, 0.25) is 0 Å². The lowest BCUT2D eigenvalue weighted by atomic mass is 10.1. The van der Waals surface area contributed by atoms with Crippen molar-refractivity contribution >= 4 is 0 Å². The van der Waals surface area contributed by atoms with Gasteiger partial charge in [0.1, 0.15) is 11.5 Å². The van der Waals surface area contributed by atoms with E-state index in [1.165, 1.54) is 0 Å². The van der Waals surface area contributed by atoms with Gasteiger partial charge in [-0.05, 0) is 40.3 Å². The first kappa shape index (κ1) is 13.3. The molecule has 16 heavy (non-hydrogen) atoms. The van der Waals surface area contributed by atoms with Crippen molar-refractivity contribution in [3.63, 3.8) is 0 Å². The van der Waals surface area contributed by atoms with E-state index in [4.69, 9.17) is 9.15 Å². The second-order valence-electron chi connectivity index (χ2n) is 4.73. The quantitative estimate of drug-likeness (QED) is 0.808. The predicted octanol–water partition coefficient (Wildman–Crippen LogP) is 3.01. The summed E-state index contributed by atoms with van der Waals surface area (Å²) in [6, 6.07) is 2.07. The number of rotatable bonds is 6. The van der Waals surface area contributed by atoms with E-state index in [9.17, 15) is 0 Å². The van der Waals surface area contributed by atoms with Gasteiger partial charge in [0, 0.05) is 5.56 Å². The van der Waals surface area contributed by atoms with Crippen molar-refractivity contribution in [2.45, 2.75) is 52.9 Å². The summed E-state index contributed by atoms with van der Waals surface area (Å²) in [5.74, 6) is 1.92. The van der Waals surface area contributed by atoms with E-state index in [-0.39, 0.29) is 5.60 Å². The van der Waals surface area contributed by atoms with Crippen molar-refractivity contribution in [3.05, 3.63) is 23.2 Å². The van der Waals surface area contributed by atoms with Crippen LogP contribution in [-0.4, -0.2) is 12.6 Å². The van der Waals surface area contributed by atoms with Crippen LogP contribution in [0.5, 0.6) is 0 Å². The van der Waals surface area contributed by atoms with Gasteiger partial charge in [-0.3, -0.25) is 0 Å². The van der Waals surface area contributed by atoms with Crippen LogP contribution in [0.15, 0.2) is 10.5 Å². The molecule has 0 bridgehead atoms. The van der Waals surface area contributed by atoms with Crippen LogP contribution in [0.3, 0.4) is 0 Å². The number of hydrogen-bond acceptors (Lipinski definition) is 3. The normalized spacial score (nSPS) is 12.1. The molecule has 0 unspecified atom stereocenters. The predicted molar refractivity (Wildman–Crippen MR) is 65.4 cm³/mol. The Morgan fingerprint density at radius 1 is 1.44 bits per heavy atom. The molecule has 0 spiro atoms. The Labute approximate surface area is 98.2 Å². The van der Waals surface area contributed by atoms with E-state index in [2.05, 4.69) is 32.2 Å². The summed E-state index contributed by atoms with van der Waals surface area (Å²) in [4.78, 5) is 0. The first-order chi connectivity index (χ1) is 7.48. The van der Waals surface area contributed by atoms with Crippen molar-refractivity contribution in [2.24, 2.45) is 0 Å². The molecule has 0 atom stereocenters. The van der Waals surface area contributed by atoms with Crippen molar-refractivity contribution in [3.8, 4) is 0 Å².